The van der Waals surface area contributed by atoms with Crippen LogP contribution in [-0.4, -0.2) is 21.9 Å². The maximum atomic E-state index is 13.3. The zero-order valence-electron chi connectivity index (χ0n) is 18.0. The summed E-state index contributed by atoms with van der Waals surface area (Å²) in [6.07, 6.45) is 3.87. The van der Waals surface area contributed by atoms with Crippen LogP contribution in [0.1, 0.15) is 11.1 Å². The van der Waals surface area contributed by atoms with E-state index in [1.54, 1.807) is 30.3 Å². The summed E-state index contributed by atoms with van der Waals surface area (Å²) in [6.45, 7) is 0.583. The Morgan fingerprint density at radius 1 is 1.12 bits per heavy atom. The predicted octanol–water partition coefficient (Wildman–Crippen LogP) is 6.90. The molecule has 1 amide bonds. The van der Waals surface area contributed by atoms with Crippen molar-refractivity contribution in [3.8, 4) is 5.75 Å². The van der Waals surface area contributed by atoms with Crippen LogP contribution in [-0.2, 0) is 11.3 Å². The van der Waals surface area contributed by atoms with Crippen LogP contribution >= 0.6 is 35.6 Å². The third-order valence-corrected chi connectivity index (χ3v) is 7.16. The van der Waals surface area contributed by atoms with Gasteiger partial charge in [0.05, 0.1) is 22.7 Å². The largest absolute Gasteiger partial charge is 0.495 e. The first-order valence-electron chi connectivity index (χ1n) is 10.4. The third-order valence-electron chi connectivity index (χ3n) is 5.56. The first-order chi connectivity index (χ1) is 16.4. The second kappa shape index (κ2) is 9.25. The minimum Gasteiger partial charge on any atom is -0.495 e. The molecule has 0 bridgehead atoms. The molecule has 0 radical (unpaired) electrons. The molecule has 0 unspecified atom stereocenters. The Kier molecular flexibility index (Phi) is 6.16. The number of benzene rings is 3. The van der Waals surface area contributed by atoms with E-state index in [1.807, 2.05) is 36.5 Å². The number of carbonyl (C=O) groups excluding carboxylic acids is 1. The summed E-state index contributed by atoms with van der Waals surface area (Å²) in [5.41, 5.74) is 3.51. The Morgan fingerprint density at radius 3 is 2.62 bits per heavy atom. The fourth-order valence-electron chi connectivity index (χ4n) is 3.93. The number of nitrogens with zero attached hydrogens (tertiary/aromatic N) is 2. The summed E-state index contributed by atoms with van der Waals surface area (Å²) in [4.78, 5) is 15.3. The molecule has 170 valence electrons. The van der Waals surface area contributed by atoms with Gasteiger partial charge in [0, 0.05) is 29.2 Å². The second-order valence-electron chi connectivity index (χ2n) is 7.69. The van der Waals surface area contributed by atoms with Crippen molar-refractivity contribution in [3.63, 3.8) is 0 Å². The molecule has 0 atom stereocenters. The highest BCUT2D eigenvalue weighted by atomic mass is 35.5. The van der Waals surface area contributed by atoms with Crippen LogP contribution in [0.5, 0.6) is 5.75 Å². The summed E-state index contributed by atoms with van der Waals surface area (Å²) in [5, 5.41) is 1.42. The van der Waals surface area contributed by atoms with Gasteiger partial charge >= 0.3 is 0 Å². The molecule has 0 spiro atoms. The van der Waals surface area contributed by atoms with Gasteiger partial charge in [0.1, 0.15) is 11.6 Å². The molecule has 0 N–H and O–H groups in total. The van der Waals surface area contributed by atoms with Crippen molar-refractivity contribution in [2.75, 3.05) is 12.0 Å². The SMILES string of the molecule is COc1ccc(N2C(=O)/C(=C/c3cn(Cc4ccc(F)cc4)c4ccccc34)SC2=S)cc1Cl. The highest BCUT2D eigenvalue weighted by Gasteiger charge is 2.34. The highest BCUT2D eigenvalue weighted by molar-refractivity contribution is 8.27. The highest BCUT2D eigenvalue weighted by Crippen LogP contribution is 2.39. The first kappa shape index (κ1) is 22.7. The van der Waals surface area contributed by atoms with Crippen molar-refractivity contribution in [1.82, 2.24) is 4.57 Å². The van der Waals surface area contributed by atoms with Crippen molar-refractivity contribution in [1.29, 1.82) is 0 Å². The van der Waals surface area contributed by atoms with Gasteiger partial charge in [0.25, 0.3) is 5.91 Å². The van der Waals surface area contributed by atoms with Crippen LogP contribution in [0.3, 0.4) is 0 Å². The van der Waals surface area contributed by atoms with Crippen molar-refractivity contribution in [3.05, 3.63) is 99.8 Å². The van der Waals surface area contributed by atoms with E-state index >= 15 is 0 Å². The number of thioether (sulfide) groups is 1. The zero-order chi connectivity index (χ0) is 23.8. The molecule has 5 rings (SSSR count). The number of anilines is 1. The van der Waals surface area contributed by atoms with Crippen LogP contribution in [0, 0.1) is 5.82 Å². The summed E-state index contributed by atoms with van der Waals surface area (Å²) in [7, 11) is 1.54. The number of carbonyl (C=O) groups is 1. The maximum absolute atomic E-state index is 13.3. The van der Waals surface area contributed by atoms with E-state index in [4.69, 9.17) is 28.6 Å². The Bertz CT molecular complexity index is 1460. The molecule has 1 saturated heterocycles. The number of hydrogen-bond acceptors (Lipinski definition) is 4. The number of hydrogen-bond donors (Lipinski definition) is 0. The summed E-state index contributed by atoms with van der Waals surface area (Å²) >= 11 is 13.0. The number of amides is 1. The maximum Gasteiger partial charge on any atom is 0.270 e. The standard InChI is InChI=1S/C26H18ClFN2O2S2/c1-32-23-11-10-19(13-21(23)27)30-25(31)24(34-26(30)33)12-17-15-29(22-5-3-2-4-20(17)22)14-16-6-8-18(28)9-7-16/h2-13,15H,14H2,1H3/b24-12-. The van der Waals surface area contributed by atoms with E-state index in [0.29, 0.717) is 32.2 Å². The molecule has 1 aliphatic rings. The van der Waals surface area contributed by atoms with Gasteiger partial charge in [-0.2, -0.15) is 0 Å². The molecular formula is C26H18ClFN2O2S2. The zero-order valence-corrected chi connectivity index (χ0v) is 20.4. The van der Waals surface area contributed by atoms with Crippen molar-refractivity contribution >= 4 is 68.5 Å². The van der Waals surface area contributed by atoms with Crippen LogP contribution in [0.15, 0.2) is 77.8 Å². The summed E-state index contributed by atoms with van der Waals surface area (Å²) in [5.74, 6) is 0.0638. The van der Waals surface area contributed by atoms with E-state index in [-0.39, 0.29) is 11.7 Å². The van der Waals surface area contributed by atoms with E-state index in [1.165, 1.54) is 35.9 Å². The quantitative estimate of drug-likeness (QED) is 0.217. The molecule has 2 heterocycles. The molecule has 3 aromatic carbocycles. The number of aromatic nitrogens is 1. The third kappa shape index (κ3) is 4.22. The molecule has 1 aromatic heterocycles. The van der Waals surface area contributed by atoms with Crippen molar-refractivity contribution in [2.24, 2.45) is 0 Å². The molecule has 1 fully saturated rings. The van der Waals surface area contributed by atoms with Gasteiger partial charge in [-0.15, -0.1) is 0 Å². The molecule has 4 nitrogen and oxygen atoms in total. The fraction of sp³-hybridized carbons (Fsp3) is 0.0769. The van der Waals surface area contributed by atoms with E-state index < -0.39 is 0 Å². The number of thiocarbonyl (C=S) groups is 1. The summed E-state index contributed by atoms with van der Waals surface area (Å²) < 4.78 is 21.1. The number of fused-ring (bicyclic) bond motifs is 1. The van der Waals surface area contributed by atoms with Gasteiger partial charge in [-0.1, -0.05) is 65.9 Å². The second-order valence-corrected chi connectivity index (χ2v) is 9.77. The number of ether oxygens (including phenoxy) is 1. The normalized spacial score (nSPS) is 15.0. The minimum atomic E-state index is -0.262. The average Bonchev–Trinajstić information content (AvgIpc) is 3.31. The average molecular weight is 509 g/mol. The Hall–Kier alpha value is -3.13. The summed E-state index contributed by atoms with van der Waals surface area (Å²) in [6, 6.07) is 19.6. The lowest BCUT2D eigenvalue weighted by atomic mass is 10.1. The molecule has 0 aliphatic carbocycles. The van der Waals surface area contributed by atoms with Gasteiger partial charge in [0.15, 0.2) is 4.32 Å². The van der Waals surface area contributed by atoms with E-state index in [0.717, 1.165) is 22.0 Å². The lowest BCUT2D eigenvalue weighted by molar-refractivity contribution is -0.113. The predicted molar refractivity (Wildman–Crippen MR) is 141 cm³/mol. The van der Waals surface area contributed by atoms with Gasteiger partial charge in [-0.3, -0.25) is 9.69 Å². The Morgan fingerprint density at radius 2 is 1.88 bits per heavy atom. The fourth-order valence-corrected chi connectivity index (χ4v) is 5.48. The van der Waals surface area contributed by atoms with Gasteiger partial charge in [-0.25, -0.2) is 4.39 Å². The molecule has 34 heavy (non-hydrogen) atoms. The van der Waals surface area contributed by atoms with E-state index in [2.05, 4.69) is 4.57 Å². The first-order valence-corrected chi connectivity index (χ1v) is 12.0. The lowest BCUT2D eigenvalue weighted by Gasteiger charge is -2.15. The van der Waals surface area contributed by atoms with Crippen LogP contribution in [0.25, 0.3) is 17.0 Å². The Balaban J connectivity index is 1.50. The molecule has 4 aromatic rings. The lowest BCUT2D eigenvalue weighted by Crippen LogP contribution is -2.27. The molecule has 1 aliphatic heterocycles. The van der Waals surface area contributed by atoms with Crippen molar-refractivity contribution in [2.45, 2.75) is 6.54 Å². The van der Waals surface area contributed by atoms with Crippen LogP contribution < -0.4 is 9.64 Å². The number of methoxy groups -OCH3 is 1. The van der Waals surface area contributed by atoms with Gasteiger partial charge < -0.3 is 9.30 Å². The molecule has 0 saturated carbocycles. The smallest absolute Gasteiger partial charge is 0.270 e. The van der Waals surface area contributed by atoms with Crippen LogP contribution in [0.4, 0.5) is 10.1 Å². The number of rotatable bonds is 5. The van der Waals surface area contributed by atoms with E-state index in [9.17, 15) is 9.18 Å². The number of para-hydroxylation sites is 1. The van der Waals surface area contributed by atoms with Gasteiger partial charge in [-0.05, 0) is 48.0 Å². The topological polar surface area (TPSA) is 34.5 Å². The van der Waals surface area contributed by atoms with Crippen LogP contribution in [0.2, 0.25) is 5.02 Å². The number of halogens is 2. The molecular weight excluding hydrogens is 491 g/mol. The minimum absolute atomic E-state index is 0.202. The van der Waals surface area contributed by atoms with Crippen molar-refractivity contribution < 1.29 is 13.9 Å². The monoisotopic (exact) mass is 508 g/mol. The Labute approximate surface area is 210 Å². The molecule has 8 heteroatoms. The van der Waals surface area contributed by atoms with Gasteiger partial charge in [0.2, 0.25) is 0 Å².